The van der Waals surface area contributed by atoms with E-state index in [-0.39, 0.29) is 17.9 Å². The number of pyridine rings is 1. The number of anilines is 1. The van der Waals surface area contributed by atoms with Crippen molar-refractivity contribution in [1.29, 1.82) is 0 Å². The van der Waals surface area contributed by atoms with Gasteiger partial charge in [0.25, 0.3) is 5.56 Å². The Hall–Kier alpha value is -3.91. The molecule has 180 valence electrons. The van der Waals surface area contributed by atoms with Gasteiger partial charge in [-0.2, -0.15) is 0 Å². The minimum atomic E-state index is -0.309. The average molecular weight is 492 g/mol. The summed E-state index contributed by atoms with van der Waals surface area (Å²) in [5.74, 6) is 0.791. The minimum absolute atomic E-state index is 0.229. The summed E-state index contributed by atoms with van der Waals surface area (Å²) in [5.41, 5.74) is 3.75. The number of nitrogens with one attached hydrogen (secondary N) is 2. The zero-order valence-corrected chi connectivity index (χ0v) is 20.5. The molecule has 0 spiro atoms. The topological polar surface area (TPSA) is 66.6 Å². The fraction of sp³-hybridized carbons (Fsp3) is 0.185. The number of fused-ring (bicyclic) bond motifs is 1. The van der Waals surface area contributed by atoms with E-state index in [1.165, 1.54) is 12.1 Å². The summed E-state index contributed by atoms with van der Waals surface area (Å²) in [6, 6.07) is 19.5. The van der Waals surface area contributed by atoms with Gasteiger partial charge in [0.2, 0.25) is 0 Å². The van der Waals surface area contributed by atoms with Gasteiger partial charge in [-0.3, -0.25) is 4.79 Å². The summed E-state index contributed by atoms with van der Waals surface area (Å²) < 4.78 is 24.2. The molecule has 0 radical (unpaired) electrons. The molecule has 4 rings (SSSR count). The van der Waals surface area contributed by atoms with Crippen LogP contribution in [0.4, 0.5) is 10.1 Å². The lowest BCUT2D eigenvalue weighted by Crippen LogP contribution is -2.35. The first kappa shape index (κ1) is 24.2. The van der Waals surface area contributed by atoms with Crippen molar-refractivity contribution in [1.82, 2.24) is 9.88 Å². The second-order valence-electron chi connectivity index (χ2n) is 8.20. The molecule has 0 aliphatic heterocycles. The minimum Gasteiger partial charge on any atom is -0.493 e. The van der Waals surface area contributed by atoms with Crippen molar-refractivity contribution in [2.24, 2.45) is 0 Å². The Morgan fingerprint density at radius 2 is 1.71 bits per heavy atom. The van der Waals surface area contributed by atoms with E-state index in [2.05, 4.69) is 10.3 Å². The molecule has 0 amide bonds. The summed E-state index contributed by atoms with van der Waals surface area (Å²) in [7, 11) is 3.11. The van der Waals surface area contributed by atoms with Crippen LogP contribution in [-0.4, -0.2) is 29.2 Å². The molecule has 8 heteroatoms. The first-order chi connectivity index (χ1) is 16.9. The fourth-order valence-corrected chi connectivity index (χ4v) is 4.08. The predicted octanol–water partition coefficient (Wildman–Crippen LogP) is 5.39. The van der Waals surface area contributed by atoms with E-state index in [0.717, 1.165) is 22.2 Å². The Labute approximate surface area is 208 Å². The molecule has 0 saturated carbocycles. The number of halogens is 1. The van der Waals surface area contributed by atoms with Gasteiger partial charge in [0.1, 0.15) is 5.82 Å². The standard InChI is InChI=1S/C27H26FN3O3S/c1-17-5-4-6-22(11-17)29-27(35)31(15-18-7-9-21(28)10-8-18)16-20-12-19-13-24(33-2)25(34-3)14-23(19)30-26(20)32/h4-14H,15-16H2,1-3H3,(H,29,35)(H,30,32). The maximum absolute atomic E-state index is 13.5. The first-order valence-electron chi connectivity index (χ1n) is 11.0. The number of rotatable bonds is 7. The second-order valence-corrected chi connectivity index (χ2v) is 8.59. The number of hydrogen-bond acceptors (Lipinski definition) is 4. The van der Waals surface area contributed by atoms with Crippen LogP contribution in [0.3, 0.4) is 0 Å². The summed E-state index contributed by atoms with van der Waals surface area (Å²) in [4.78, 5) is 17.8. The third-order valence-corrected chi connectivity index (χ3v) is 5.99. The lowest BCUT2D eigenvalue weighted by Gasteiger charge is -2.26. The molecule has 0 saturated heterocycles. The molecule has 6 nitrogen and oxygen atoms in total. The lowest BCUT2D eigenvalue weighted by atomic mass is 10.1. The number of hydrogen-bond donors (Lipinski definition) is 2. The van der Waals surface area contributed by atoms with E-state index in [0.29, 0.717) is 34.2 Å². The van der Waals surface area contributed by atoms with Gasteiger partial charge >= 0.3 is 0 Å². The highest BCUT2D eigenvalue weighted by atomic mass is 32.1. The highest BCUT2D eigenvalue weighted by molar-refractivity contribution is 7.80. The van der Waals surface area contributed by atoms with Gasteiger partial charge in [-0.05, 0) is 66.7 Å². The molecular weight excluding hydrogens is 465 g/mol. The molecule has 0 aliphatic rings. The van der Waals surface area contributed by atoms with Crippen LogP contribution >= 0.6 is 12.2 Å². The average Bonchev–Trinajstić information content (AvgIpc) is 2.84. The number of aryl methyl sites for hydroxylation is 1. The van der Waals surface area contributed by atoms with Crippen LogP contribution in [0.2, 0.25) is 0 Å². The van der Waals surface area contributed by atoms with E-state index >= 15 is 0 Å². The highest BCUT2D eigenvalue weighted by Crippen LogP contribution is 2.31. The summed E-state index contributed by atoms with van der Waals surface area (Å²) in [5, 5.41) is 4.51. The molecular formula is C27H26FN3O3S. The monoisotopic (exact) mass is 491 g/mol. The van der Waals surface area contributed by atoms with E-state index in [1.807, 2.05) is 48.2 Å². The number of thiocarbonyl (C=S) groups is 1. The molecule has 0 aliphatic carbocycles. The van der Waals surface area contributed by atoms with Crippen LogP contribution in [-0.2, 0) is 13.1 Å². The maximum atomic E-state index is 13.5. The summed E-state index contributed by atoms with van der Waals surface area (Å²) in [6.45, 7) is 2.64. The van der Waals surface area contributed by atoms with Crippen molar-refractivity contribution in [3.05, 3.63) is 99.6 Å². The number of ether oxygens (including phenoxy) is 2. The Morgan fingerprint density at radius 3 is 2.40 bits per heavy atom. The van der Waals surface area contributed by atoms with Crippen LogP contribution < -0.4 is 20.3 Å². The highest BCUT2D eigenvalue weighted by Gasteiger charge is 2.16. The van der Waals surface area contributed by atoms with E-state index < -0.39 is 0 Å². The number of aromatic amines is 1. The molecule has 3 aromatic carbocycles. The van der Waals surface area contributed by atoms with E-state index in [4.69, 9.17) is 21.7 Å². The van der Waals surface area contributed by atoms with Crippen molar-refractivity contribution >= 4 is 33.9 Å². The SMILES string of the molecule is COc1cc2cc(CN(Cc3ccc(F)cc3)C(=S)Nc3cccc(C)c3)c(=O)[nH]c2cc1OC. The van der Waals surface area contributed by atoms with E-state index in [9.17, 15) is 9.18 Å². The van der Waals surface area contributed by atoms with Crippen LogP contribution in [0.15, 0.2) is 71.5 Å². The van der Waals surface area contributed by atoms with Crippen molar-refractivity contribution in [3.8, 4) is 11.5 Å². The van der Waals surface area contributed by atoms with E-state index in [1.54, 1.807) is 32.4 Å². The van der Waals surface area contributed by atoms with Crippen LogP contribution in [0, 0.1) is 12.7 Å². The number of methoxy groups -OCH3 is 2. The number of benzene rings is 3. The molecule has 0 atom stereocenters. The molecule has 1 heterocycles. The van der Waals surface area contributed by atoms with Gasteiger partial charge in [0.15, 0.2) is 16.6 Å². The molecule has 0 bridgehead atoms. The second kappa shape index (κ2) is 10.6. The number of H-pyrrole nitrogens is 1. The zero-order valence-electron chi connectivity index (χ0n) is 19.7. The third kappa shape index (κ3) is 5.78. The summed E-state index contributed by atoms with van der Waals surface area (Å²) in [6.07, 6.45) is 0. The molecule has 4 aromatic rings. The van der Waals surface area contributed by atoms with Gasteiger partial charge in [0.05, 0.1) is 26.3 Å². The van der Waals surface area contributed by atoms with Gasteiger partial charge in [-0.15, -0.1) is 0 Å². The van der Waals surface area contributed by atoms with Crippen molar-refractivity contribution < 1.29 is 13.9 Å². The molecule has 2 N–H and O–H groups in total. The molecule has 35 heavy (non-hydrogen) atoms. The van der Waals surface area contributed by atoms with Crippen molar-refractivity contribution in [2.75, 3.05) is 19.5 Å². The Bertz CT molecular complexity index is 1420. The third-order valence-electron chi connectivity index (χ3n) is 5.63. The largest absolute Gasteiger partial charge is 0.493 e. The Kier molecular flexibility index (Phi) is 7.31. The van der Waals surface area contributed by atoms with Crippen LogP contribution in [0.5, 0.6) is 11.5 Å². The van der Waals surface area contributed by atoms with Crippen LogP contribution in [0.25, 0.3) is 10.9 Å². The first-order valence-corrected chi connectivity index (χ1v) is 11.4. The van der Waals surface area contributed by atoms with Crippen LogP contribution in [0.1, 0.15) is 16.7 Å². The lowest BCUT2D eigenvalue weighted by molar-refractivity contribution is 0.355. The van der Waals surface area contributed by atoms with Gasteiger partial charge in [-0.25, -0.2) is 4.39 Å². The van der Waals surface area contributed by atoms with Gasteiger partial charge < -0.3 is 24.7 Å². The number of nitrogens with zero attached hydrogens (tertiary/aromatic N) is 1. The Balaban J connectivity index is 1.68. The quantitative estimate of drug-likeness (QED) is 0.338. The predicted molar refractivity (Wildman–Crippen MR) is 141 cm³/mol. The Morgan fingerprint density at radius 1 is 1.00 bits per heavy atom. The normalized spacial score (nSPS) is 10.7. The van der Waals surface area contributed by atoms with Gasteiger partial charge in [-0.1, -0.05) is 24.3 Å². The zero-order chi connectivity index (χ0) is 24.9. The summed E-state index contributed by atoms with van der Waals surface area (Å²) >= 11 is 5.73. The molecule has 0 unspecified atom stereocenters. The molecule has 0 fully saturated rings. The van der Waals surface area contributed by atoms with Crippen molar-refractivity contribution in [3.63, 3.8) is 0 Å². The fourth-order valence-electron chi connectivity index (χ4n) is 3.84. The molecule has 1 aromatic heterocycles. The smallest absolute Gasteiger partial charge is 0.253 e. The maximum Gasteiger partial charge on any atom is 0.253 e. The van der Waals surface area contributed by atoms with Gasteiger partial charge in [0, 0.05) is 29.2 Å². The number of aromatic nitrogens is 1. The van der Waals surface area contributed by atoms with Crippen molar-refractivity contribution in [2.45, 2.75) is 20.0 Å².